The molecule has 1 aromatic heterocycles. The van der Waals surface area contributed by atoms with Crippen LogP contribution < -0.4 is 15.4 Å². The minimum absolute atomic E-state index is 0.0758. The number of nitrogens with zero attached hydrogens (tertiary/aromatic N) is 1. The van der Waals surface area contributed by atoms with Crippen LogP contribution in [0.4, 0.5) is 0 Å². The highest BCUT2D eigenvalue weighted by molar-refractivity contribution is 6.33. The number of likely N-dealkylation sites (tertiary alicyclic amines) is 1. The maximum absolute atomic E-state index is 13.0. The van der Waals surface area contributed by atoms with Crippen molar-refractivity contribution in [2.24, 2.45) is 5.92 Å². The molecule has 2 heterocycles. The Morgan fingerprint density at radius 2 is 2.00 bits per heavy atom. The summed E-state index contributed by atoms with van der Waals surface area (Å²) in [5.41, 5.74) is 2.26. The molecule has 0 aliphatic carbocycles. The molecule has 204 valence electrons. The first-order valence-corrected chi connectivity index (χ1v) is 13.7. The van der Waals surface area contributed by atoms with Gasteiger partial charge in [-0.15, -0.1) is 0 Å². The fraction of sp³-hybridized carbons (Fsp3) is 0.448. The SMILES string of the molecule is CCc1cc(Cl)c(OC)c(C(=O)NCC2CCCN(CCCCNC(=O)c3cc4ccccc4[nH]3)C2)c1O. The Bertz CT molecular complexity index is 1240. The number of hydrogen-bond acceptors (Lipinski definition) is 5. The van der Waals surface area contributed by atoms with E-state index in [-0.39, 0.29) is 28.9 Å². The van der Waals surface area contributed by atoms with Gasteiger partial charge in [0, 0.05) is 30.5 Å². The van der Waals surface area contributed by atoms with Crippen molar-refractivity contribution in [1.29, 1.82) is 0 Å². The lowest BCUT2D eigenvalue weighted by atomic mass is 9.97. The van der Waals surface area contributed by atoms with E-state index in [1.165, 1.54) is 7.11 Å². The first kappa shape index (κ1) is 27.8. The summed E-state index contributed by atoms with van der Waals surface area (Å²) in [6, 6.07) is 11.4. The van der Waals surface area contributed by atoms with E-state index in [0.29, 0.717) is 41.7 Å². The number of aromatic nitrogens is 1. The Morgan fingerprint density at radius 1 is 1.18 bits per heavy atom. The van der Waals surface area contributed by atoms with Crippen LogP contribution in [0.3, 0.4) is 0 Å². The fourth-order valence-corrected chi connectivity index (χ4v) is 5.46. The monoisotopic (exact) mass is 540 g/mol. The van der Waals surface area contributed by atoms with Crippen molar-refractivity contribution in [3.05, 3.63) is 58.2 Å². The Hall–Kier alpha value is -3.23. The number of amides is 2. The molecule has 1 atom stereocenters. The van der Waals surface area contributed by atoms with E-state index in [4.69, 9.17) is 16.3 Å². The van der Waals surface area contributed by atoms with E-state index in [1.807, 2.05) is 37.3 Å². The number of unbranched alkanes of at least 4 members (excludes halogenated alkanes) is 1. The third-order valence-corrected chi connectivity index (χ3v) is 7.49. The lowest BCUT2D eigenvalue weighted by molar-refractivity contribution is 0.0920. The number of rotatable bonds is 11. The molecule has 4 rings (SSSR count). The Morgan fingerprint density at radius 3 is 2.76 bits per heavy atom. The number of aryl methyl sites for hydroxylation is 1. The minimum atomic E-state index is -0.376. The van der Waals surface area contributed by atoms with E-state index in [9.17, 15) is 14.7 Å². The zero-order valence-electron chi connectivity index (χ0n) is 22.1. The van der Waals surface area contributed by atoms with Crippen LogP contribution in [0.1, 0.15) is 59.0 Å². The van der Waals surface area contributed by atoms with Crippen molar-refractivity contribution in [2.45, 2.75) is 39.0 Å². The number of carbonyl (C=O) groups excluding carboxylic acids is 2. The number of benzene rings is 2. The Kier molecular flexibility index (Phi) is 9.53. The first-order chi connectivity index (χ1) is 18.4. The van der Waals surface area contributed by atoms with Crippen molar-refractivity contribution in [3.8, 4) is 11.5 Å². The molecule has 0 bridgehead atoms. The van der Waals surface area contributed by atoms with E-state index in [1.54, 1.807) is 6.07 Å². The van der Waals surface area contributed by atoms with Gasteiger partial charge < -0.3 is 30.4 Å². The molecule has 8 nitrogen and oxygen atoms in total. The number of carbonyl (C=O) groups is 2. The summed E-state index contributed by atoms with van der Waals surface area (Å²) in [7, 11) is 1.44. The highest BCUT2D eigenvalue weighted by Crippen LogP contribution is 2.38. The average molecular weight is 541 g/mol. The van der Waals surface area contributed by atoms with Gasteiger partial charge in [0.05, 0.1) is 12.1 Å². The number of fused-ring (bicyclic) bond motifs is 1. The number of halogens is 1. The number of ether oxygens (including phenoxy) is 1. The number of phenols is 1. The lowest BCUT2D eigenvalue weighted by Crippen LogP contribution is -2.41. The van der Waals surface area contributed by atoms with Gasteiger partial charge in [-0.1, -0.05) is 36.7 Å². The molecule has 1 aliphatic rings. The average Bonchev–Trinajstić information content (AvgIpc) is 3.37. The number of aromatic amines is 1. The zero-order chi connectivity index (χ0) is 27.1. The smallest absolute Gasteiger partial charge is 0.267 e. The van der Waals surface area contributed by atoms with Crippen LogP contribution in [0.15, 0.2) is 36.4 Å². The number of aromatic hydroxyl groups is 1. The van der Waals surface area contributed by atoms with Crippen LogP contribution in [0.25, 0.3) is 10.9 Å². The van der Waals surface area contributed by atoms with E-state index < -0.39 is 0 Å². The summed E-state index contributed by atoms with van der Waals surface area (Å²) in [5.74, 6) is -0.0101. The third-order valence-electron chi connectivity index (χ3n) is 7.21. The van der Waals surface area contributed by atoms with Crippen LogP contribution in [-0.4, -0.2) is 66.6 Å². The molecule has 2 aromatic carbocycles. The molecule has 1 aliphatic heterocycles. The summed E-state index contributed by atoms with van der Waals surface area (Å²) in [6.07, 6.45) is 4.55. The summed E-state index contributed by atoms with van der Waals surface area (Å²) in [5, 5.41) is 17.9. The Balaban J connectivity index is 1.20. The maximum Gasteiger partial charge on any atom is 0.267 e. The highest BCUT2D eigenvalue weighted by atomic mass is 35.5. The summed E-state index contributed by atoms with van der Waals surface area (Å²) in [4.78, 5) is 31.0. The third kappa shape index (κ3) is 6.60. The second-order valence-corrected chi connectivity index (χ2v) is 10.3. The molecule has 0 radical (unpaired) electrons. The minimum Gasteiger partial charge on any atom is -0.507 e. The van der Waals surface area contributed by atoms with E-state index >= 15 is 0 Å². The molecule has 1 saturated heterocycles. The number of phenolic OH excluding ortho intramolecular Hbond substituents is 1. The molecule has 2 amide bonds. The van der Waals surface area contributed by atoms with Crippen molar-refractivity contribution in [1.82, 2.24) is 20.5 Å². The van der Waals surface area contributed by atoms with Gasteiger partial charge in [0.25, 0.3) is 11.8 Å². The first-order valence-electron chi connectivity index (χ1n) is 13.4. The van der Waals surface area contributed by atoms with Crippen LogP contribution >= 0.6 is 11.6 Å². The quantitative estimate of drug-likeness (QED) is 0.263. The zero-order valence-corrected chi connectivity index (χ0v) is 22.9. The number of methoxy groups -OCH3 is 1. The Labute approximate surface area is 228 Å². The van der Waals surface area contributed by atoms with Gasteiger partial charge in [0.2, 0.25) is 0 Å². The number of hydrogen-bond donors (Lipinski definition) is 4. The van der Waals surface area contributed by atoms with Crippen molar-refractivity contribution < 1.29 is 19.4 Å². The van der Waals surface area contributed by atoms with E-state index in [0.717, 1.165) is 56.2 Å². The normalized spacial score (nSPS) is 15.9. The van der Waals surface area contributed by atoms with E-state index in [2.05, 4.69) is 20.5 Å². The van der Waals surface area contributed by atoms with Crippen molar-refractivity contribution in [3.63, 3.8) is 0 Å². The second-order valence-electron chi connectivity index (χ2n) is 9.88. The van der Waals surface area contributed by atoms with Gasteiger partial charge in [-0.25, -0.2) is 0 Å². The molecule has 4 N–H and O–H groups in total. The van der Waals surface area contributed by atoms with Gasteiger partial charge in [-0.3, -0.25) is 9.59 Å². The molecule has 0 saturated carbocycles. The van der Waals surface area contributed by atoms with Gasteiger partial charge in [-0.05, 0) is 74.9 Å². The van der Waals surface area contributed by atoms with Gasteiger partial charge >= 0.3 is 0 Å². The standard InChI is InChI=1S/C29H37ClN4O4/c1-3-20-15-22(30)27(38-2)25(26(20)35)29(37)32-17-19-9-8-14-34(18-19)13-7-6-12-31-28(36)24-16-21-10-4-5-11-23(21)33-24/h4-5,10-11,15-16,19,33,35H,3,6-9,12-14,17-18H2,1-2H3,(H,31,36)(H,32,37). The molecule has 9 heteroatoms. The van der Waals surface area contributed by atoms with Crippen LogP contribution in [0, 0.1) is 5.92 Å². The predicted octanol–water partition coefficient (Wildman–Crippen LogP) is 4.75. The number of H-pyrrole nitrogens is 1. The molecular formula is C29H37ClN4O4. The number of piperidine rings is 1. The highest BCUT2D eigenvalue weighted by Gasteiger charge is 2.25. The van der Waals surface area contributed by atoms with Gasteiger partial charge in [0.1, 0.15) is 17.0 Å². The predicted molar refractivity (Wildman–Crippen MR) is 150 cm³/mol. The fourth-order valence-electron chi connectivity index (χ4n) is 5.15. The summed E-state index contributed by atoms with van der Waals surface area (Å²) < 4.78 is 5.32. The molecule has 0 spiro atoms. The molecule has 1 unspecified atom stereocenters. The number of nitrogens with one attached hydrogen (secondary N) is 3. The summed E-state index contributed by atoms with van der Waals surface area (Å²) in [6.45, 7) is 5.94. The molecule has 3 aromatic rings. The second kappa shape index (κ2) is 13.0. The van der Waals surface area contributed by atoms with Crippen LogP contribution in [0.5, 0.6) is 11.5 Å². The maximum atomic E-state index is 13.0. The molecular weight excluding hydrogens is 504 g/mol. The van der Waals surface area contributed by atoms with Gasteiger partial charge in [-0.2, -0.15) is 0 Å². The summed E-state index contributed by atoms with van der Waals surface area (Å²) >= 11 is 6.29. The van der Waals surface area contributed by atoms with Crippen LogP contribution in [0.2, 0.25) is 5.02 Å². The molecule has 38 heavy (non-hydrogen) atoms. The van der Waals surface area contributed by atoms with Gasteiger partial charge in [0.15, 0.2) is 5.75 Å². The number of para-hydroxylation sites is 1. The topological polar surface area (TPSA) is 107 Å². The lowest BCUT2D eigenvalue weighted by Gasteiger charge is -2.33. The van der Waals surface area contributed by atoms with Crippen molar-refractivity contribution in [2.75, 3.05) is 39.8 Å². The largest absolute Gasteiger partial charge is 0.507 e. The van der Waals surface area contributed by atoms with Crippen LogP contribution in [-0.2, 0) is 6.42 Å². The molecule has 1 fully saturated rings. The van der Waals surface area contributed by atoms with Crippen molar-refractivity contribution >= 4 is 34.3 Å².